The van der Waals surface area contributed by atoms with Crippen molar-refractivity contribution in [2.75, 3.05) is 11.5 Å². The van der Waals surface area contributed by atoms with E-state index >= 15 is 0 Å². The minimum absolute atomic E-state index is 0.134. The fourth-order valence-corrected chi connectivity index (χ4v) is 2.09. The molecule has 8 heteroatoms. The zero-order valence-corrected chi connectivity index (χ0v) is 12.5. The number of hydrogen-bond donors (Lipinski definition) is 3. The van der Waals surface area contributed by atoms with Crippen LogP contribution in [-0.2, 0) is 0 Å². The van der Waals surface area contributed by atoms with Crippen molar-refractivity contribution in [3.63, 3.8) is 0 Å². The van der Waals surface area contributed by atoms with Gasteiger partial charge in [-0.3, -0.25) is 0 Å². The second-order valence-corrected chi connectivity index (χ2v) is 4.92. The van der Waals surface area contributed by atoms with Crippen molar-refractivity contribution in [1.82, 2.24) is 9.78 Å². The summed E-state index contributed by atoms with van der Waals surface area (Å²) in [5.41, 5.74) is 13.6. The number of carboxylic acid groups (broad SMARTS) is 1. The van der Waals surface area contributed by atoms with Crippen molar-refractivity contribution in [3.8, 4) is 5.69 Å². The van der Waals surface area contributed by atoms with Crippen LogP contribution in [0.15, 0.2) is 64.8 Å². The number of rotatable bonds is 4. The van der Waals surface area contributed by atoms with Gasteiger partial charge in [-0.15, -0.1) is 10.2 Å². The Morgan fingerprint density at radius 2 is 1.67 bits per heavy atom. The van der Waals surface area contributed by atoms with Crippen LogP contribution < -0.4 is 11.5 Å². The molecule has 120 valence electrons. The largest absolute Gasteiger partial charge is 0.478 e. The van der Waals surface area contributed by atoms with Crippen molar-refractivity contribution in [3.05, 3.63) is 60.2 Å². The number of nitrogens with two attached hydrogens (primary N) is 2. The molecule has 0 atom stereocenters. The summed E-state index contributed by atoms with van der Waals surface area (Å²) in [5, 5.41) is 21.2. The van der Waals surface area contributed by atoms with Crippen LogP contribution in [0.5, 0.6) is 0 Å². The molecule has 24 heavy (non-hydrogen) atoms. The lowest BCUT2D eigenvalue weighted by molar-refractivity contribution is 0.0697. The van der Waals surface area contributed by atoms with E-state index in [-0.39, 0.29) is 22.9 Å². The van der Waals surface area contributed by atoms with E-state index in [0.717, 1.165) is 0 Å². The summed E-state index contributed by atoms with van der Waals surface area (Å²) < 4.78 is 1.39. The number of benzene rings is 2. The Labute approximate surface area is 137 Å². The summed E-state index contributed by atoms with van der Waals surface area (Å²) in [6, 6.07) is 15.2. The molecule has 0 amide bonds. The van der Waals surface area contributed by atoms with Gasteiger partial charge < -0.3 is 16.6 Å². The zero-order valence-electron chi connectivity index (χ0n) is 12.5. The van der Waals surface area contributed by atoms with Crippen LogP contribution in [0.1, 0.15) is 10.4 Å². The van der Waals surface area contributed by atoms with Crippen LogP contribution in [0.2, 0.25) is 0 Å². The minimum Gasteiger partial charge on any atom is -0.478 e. The standard InChI is InChI=1S/C16H14N6O2/c17-14-13(20-19-11-4-2-1-3-5-11)15(18)22(21-14)12-8-6-10(7-9-12)16(23)24/h1-9H,18H2,(H2,17,21)(H,23,24)/b20-19+. The molecule has 0 aliphatic carbocycles. The summed E-state index contributed by atoms with van der Waals surface area (Å²) in [5.74, 6) is -0.656. The minimum atomic E-state index is -1.01. The number of nitrogen functional groups attached to an aromatic ring is 2. The first-order valence-corrected chi connectivity index (χ1v) is 7.01. The normalized spacial score (nSPS) is 11.0. The van der Waals surface area contributed by atoms with Gasteiger partial charge in [0.2, 0.25) is 0 Å². The average molecular weight is 322 g/mol. The van der Waals surface area contributed by atoms with E-state index in [4.69, 9.17) is 16.6 Å². The van der Waals surface area contributed by atoms with Gasteiger partial charge in [0.05, 0.1) is 16.9 Å². The Balaban J connectivity index is 1.94. The van der Waals surface area contributed by atoms with Crippen LogP contribution in [-0.4, -0.2) is 20.9 Å². The molecule has 0 unspecified atom stereocenters. The molecule has 8 nitrogen and oxygen atoms in total. The molecule has 1 aromatic heterocycles. The van der Waals surface area contributed by atoms with E-state index in [2.05, 4.69) is 15.3 Å². The first-order chi connectivity index (χ1) is 11.6. The molecule has 3 rings (SSSR count). The monoisotopic (exact) mass is 322 g/mol. The van der Waals surface area contributed by atoms with E-state index in [0.29, 0.717) is 11.4 Å². The van der Waals surface area contributed by atoms with Gasteiger partial charge in [-0.05, 0) is 36.4 Å². The van der Waals surface area contributed by atoms with Gasteiger partial charge in [0.1, 0.15) is 0 Å². The van der Waals surface area contributed by atoms with Gasteiger partial charge >= 0.3 is 5.97 Å². The molecule has 5 N–H and O–H groups in total. The van der Waals surface area contributed by atoms with E-state index in [9.17, 15) is 4.79 Å². The van der Waals surface area contributed by atoms with Crippen LogP contribution in [0, 0.1) is 0 Å². The summed E-state index contributed by atoms with van der Waals surface area (Å²) in [4.78, 5) is 10.9. The van der Waals surface area contributed by atoms with Crippen molar-refractivity contribution >= 4 is 29.0 Å². The van der Waals surface area contributed by atoms with Crippen LogP contribution in [0.4, 0.5) is 23.0 Å². The summed E-state index contributed by atoms with van der Waals surface area (Å²) in [7, 11) is 0. The first-order valence-electron chi connectivity index (χ1n) is 7.01. The number of nitrogens with zero attached hydrogens (tertiary/aromatic N) is 4. The van der Waals surface area contributed by atoms with E-state index in [1.54, 1.807) is 24.3 Å². The van der Waals surface area contributed by atoms with E-state index < -0.39 is 5.97 Å². The molecular formula is C16H14N6O2. The highest BCUT2D eigenvalue weighted by atomic mass is 16.4. The van der Waals surface area contributed by atoms with Gasteiger partial charge in [-0.25, -0.2) is 9.48 Å². The average Bonchev–Trinajstić information content (AvgIpc) is 2.88. The summed E-state index contributed by atoms with van der Waals surface area (Å²) in [6.07, 6.45) is 0. The zero-order chi connectivity index (χ0) is 17.1. The number of aromatic nitrogens is 2. The number of anilines is 2. The molecule has 0 spiro atoms. The fraction of sp³-hybridized carbons (Fsp3) is 0. The number of hydrogen-bond acceptors (Lipinski definition) is 6. The third-order valence-corrected chi connectivity index (χ3v) is 3.30. The summed E-state index contributed by atoms with van der Waals surface area (Å²) in [6.45, 7) is 0. The van der Waals surface area contributed by atoms with Gasteiger partial charge in [-0.1, -0.05) is 18.2 Å². The molecule has 0 aliphatic rings. The molecule has 1 heterocycles. The maximum Gasteiger partial charge on any atom is 0.335 e. The molecule has 0 saturated heterocycles. The van der Waals surface area contributed by atoms with E-state index in [1.807, 2.05) is 18.2 Å². The van der Waals surface area contributed by atoms with Gasteiger partial charge in [-0.2, -0.15) is 5.11 Å². The SMILES string of the molecule is Nc1nn(-c2ccc(C(=O)O)cc2)c(N)c1/N=N/c1ccccc1. The quantitative estimate of drug-likeness (QED) is 0.635. The van der Waals surface area contributed by atoms with Crippen molar-refractivity contribution in [2.45, 2.75) is 0 Å². The second-order valence-electron chi connectivity index (χ2n) is 4.92. The second kappa shape index (κ2) is 6.21. The molecule has 3 aromatic rings. The topological polar surface area (TPSA) is 132 Å². The number of carboxylic acids is 1. The molecule has 0 aliphatic heterocycles. The third kappa shape index (κ3) is 2.93. The predicted octanol–water partition coefficient (Wildman–Crippen LogP) is 3.15. The Hall–Kier alpha value is -3.68. The molecule has 0 radical (unpaired) electrons. The highest BCUT2D eigenvalue weighted by Crippen LogP contribution is 2.32. The van der Waals surface area contributed by atoms with Gasteiger partial charge in [0.15, 0.2) is 17.3 Å². The van der Waals surface area contributed by atoms with E-state index in [1.165, 1.54) is 16.8 Å². The molecule has 0 bridgehead atoms. The van der Waals surface area contributed by atoms with Crippen LogP contribution in [0.25, 0.3) is 5.69 Å². The lowest BCUT2D eigenvalue weighted by Crippen LogP contribution is -2.03. The third-order valence-electron chi connectivity index (χ3n) is 3.30. The molecule has 0 saturated carbocycles. The van der Waals surface area contributed by atoms with Gasteiger partial charge in [0, 0.05) is 0 Å². The van der Waals surface area contributed by atoms with Gasteiger partial charge in [0.25, 0.3) is 0 Å². The molecule has 2 aromatic carbocycles. The first kappa shape index (κ1) is 15.2. The van der Waals surface area contributed by atoms with Crippen LogP contribution in [0.3, 0.4) is 0 Å². The fourth-order valence-electron chi connectivity index (χ4n) is 2.09. The Bertz CT molecular complexity index is 900. The number of azo groups is 1. The molecular weight excluding hydrogens is 308 g/mol. The van der Waals surface area contributed by atoms with Crippen LogP contribution >= 0.6 is 0 Å². The Kier molecular flexibility index (Phi) is 3.94. The van der Waals surface area contributed by atoms with Crippen molar-refractivity contribution < 1.29 is 9.90 Å². The summed E-state index contributed by atoms with van der Waals surface area (Å²) >= 11 is 0. The molecule has 0 fully saturated rings. The van der Waals surface area contributed by atoms with Crippen molar-refractivity contribution in [1.29, 1.82) is 0 Å². The maximum atomic E-state index is 10.9. The number of aromatic carboxylic acids is 1. The maximum absolute atomic E-state index is 10.9. The highest BCUT2D eigenvalue weighted by Gasteiger charge is 2.15. The lowest BCUT2D eigenvalue weighted by atomic mass is 10.2. The van der Waals surface area contributed by atoms with Crippen molar-refractivity contribution in [2.24, 2.45) is 10.2 Å². The predicted molar refractivity (Wildman–Crippen MR) is 90.0 cm³/mol. The smallest absolute Gasteiger partial charge is 0.335 e. The lowest BCUT2D eigenvalue weighted by Gasteiger charge is -2.04. The Morgan fingerprint density at radius 3 is 2.29 bits per heavy atom. The highest BCUT2D eigenvalue weighted by molar-refractivity contribution is 5.87. The number of carbonyl (C=O) groups is 1. The Morgan fingerprint density at radius 1 is 1.00 bits per heavy atom.